The van der Waals surface area contributed by atoms with Crippen LogP contribution in [0.15, 0.2) is 91.5 Å². The quantitative estimate of drug-likeness (QED) is 0.378. The Bertz CT molecular complexity index is 1310. The van der Waals surface area contributed by atoms with Crippen LogP contribution in [0.2, 0.25) is 0 Å². The van der Waals surface area contributed by atoms with Crippen molar-refractivity contribution < 1.29 is 9.53 Å². The molecular weight excluding hydrogens is 450 g/mol. The topological polar surface area (TPSA) is 72.3 Å². The van der Waals surface area contributed by atoms with Gasteiger partial charge in [0, 0.05) is 61.1 Å². The fourth-order valence-corrected chi connectivity index (χ4v) is 4.22. The summed E-state index contributed by atoms with van der Waals surface area (Å²) in [6.45, 7) is 5.07. The molecule has 1 saturated heterocycles. The van der Waals surface area contributed by atoms with Gasteiger partial charge in [0.15, 0.2) is 0 Å². The number of nitrogens with zero attached hydrogens (tertiary/aromatic N) is 4. The van der Waals surface area contributed by atoms with Gasteiger partial charge in [-0.15, -0.1) is 0 Å². The van der Waals surface area contributed by atoms with Crippen LogP contribution in [-0.2, 0) is 22.6 Å². The maximum absolute atomic E-state index is 12.6. The lowest BCUT2D eigenvalue weighted by atomic mass is 10.0. The molecule has 7 nitrogen and oxygen atoms in total. The minimum absolute atomic E-state index is 0.189. The molecule has 36 heavy (non-hydrogen) atoms. The fourth-order valence-electron chi connectivity index (χ4n) is 4.22. The minimum atomic E-state index is -0.189. The molecule has 4 aromatic rings. The number of rotatable bonds is 8. The second kappa shape index (κ2) is 11.6. The highest BCUT2D eigenvalue weighted by molar-refractivity contribution is 6.02. The van der Waals surface area contributed by atoms with Crippen molar-refractivity contribution in [3.05, 3.63) is 108 Å². The first kappa shape index (κ1) is 23.7. The lowest BCUT2D eigenvalue weighted by Crippen LogP contribution is -2.35. The number of carbonyl (C=O) groups is 1. The van der Waals surface area contributed by atoms with Crippen LogP contribution in [0.3, 0.4) is 0 Å². The molecule has 5 rings (SSSR count). The maximum Gasteiger partial charge on any atom is 0.248 e. The van der Waals surface area contributed by atoms with E-state index < -0.39 is 0 Å². The lowest BCUT2D eigenvalue weighted by Gasteiger charge is -2.26. The standard InChI is InChI=1S/C29H29N5O2/c35-29(32-27-9-6-24(7-10-27)20-33-14-16-36-17-15-33)11-8-25-18-30-13-12-28(25)26-19-31-34(22-26)21-23-4-2-1-3-5-23/h1-13,18-19,22H,14-17,20-21H2,(H,32,35)/b11-8+. The van der Waals surface area contributed by atoms with Gasteiger partial charge in [0.2, 0.25) is 5.91 Å². The Labute approximate surface area is 211 Å². The van der Waals surface area contributed by atoms with Gasteiger partial charge in [0.25, 0.3) is 0 Å². The van der Waals surface area contributed by atoms with Gasteiger partial charge in [-0.1, -0.05) is 42.5 Å². The number of pyridine rings is 1. The second-order valence-electron chi connectivity index (χ2n) is 8.78. The smallest absolute Gasteiger partial charge is 0.248 e. The number of morpholine rings is 1. The van der Waals surface area contributed by atoms with Crippen LogP contribution in [-0.4, -0.2) is 51.9 Å². The Kier molecular flexibility index (Phi) is 7.61. The normalized spacial score (nSPS) is 14.2. The number of hydrogen-bond acceptors (Lipinski definition) is 5. The molecule has 182 valence electrons. The molecule has 0 saturated carbocycles. The molecule has 3 heterocycles. The van der Waals surface area contributed by atoms with Crippen molar-refractivity contribution in [2.75, 3.05) is 31.6 Å². The summed E-state index contributed by atoms with van der Waals surface area (Å²) in [6.07, 6.45) is 10.7. The van der Waals surface area contributed by atoms with Crippen LogP contribution in [0.5, 0.6) is 0 Å². The minimum Gasteiger partial charge on any atom is -0.379 e. The van der Waals surface area contributed by atoms with Gasteiger partial charge in [0.1, 0.15) is 0 Å². The molecule has 0 radical (unpaired) electrons. The molecule has 0 aliphatic carbocycles. The van der Waals surface area contributed by atoms with Crippen molar-refractivity contribution in [3.8, 4) is 11.1 Å². The average molecular weight is 480 g/mol. The number of ether oxygens (including phenoxy) is 1. The summed E-state index contributed by atoms with van der Waals surface area (Å²) in [5, 5.41) is 7.45. The number of carbonyl (C=O) groups excluding carboxylic acids is 1. The lowest BCUT2D eigenvalue weighted by molar-refractivity contribution is -0.111. The average Bonchev–Trinajstić information content (AvgIpc) is 3.38. The number of aromatic nitrogens is 3. The van der Waals surface area contributed by atoms with E-state index in [1.165, 1.54) is 17.2 Å². The van der Waals surface area contributed by atoms with E-state index in [0.29, 0.717) is 6.54 Å². The molecule has 0 bridgehead atoms. The predicted octanol–water partition coefficient (Wildman–Crippen LogP) is 4.48. The van der Waals surface area contributed by atoms with E-state index in [1.807, 2.05) is 53.5 Å². The first-order valence-corrected chi connectivity index (χ1v) is 12.1. The number of hydrogen-bond donors (Lipinski definition) is 1. The van der Waals surface area contributed by atoms with Gasteiger partial charge in [-0.05, 0) is 41.0 Å². The van der Waals surface area contributed by atoms with Crippen LogP contribution in [0, 0.1) is 0 Å². The molecule has 7 heteroatoms. The van der Waals surface area contributed by atoms with E-state index in [9.17, 15) is 4.79 Å². The third-order valence-corrected chi connectivity index (χ3v) is 6.13. The molecule has 1 N–H and O–H groups in total. The highest BCUT2D eigenvalue weighted by atomic mass is 16.5. The molecule has 1 fully saturated rings. The van der Waals surface area contributed by atoms with E-state index in [0.717, 1.165) is 55.2 Å². The summed E-state index contributed by atoms with van der Waals surface area (Å²) in [4.78, 5) is 19.2. The number of nitrogens with one attached hydrogen (secondary N) is 1. The highest BCUT2D eigenvalue weighted by Crippen LogP contribution is 2.24. The van der Waals surface area contributed by atoms with Crippen LogP contribution >= 0.6 is 0 Å². The third kappa shape index (κ3) is 6.33. The SMILES string of the molecule is O=C(/C=C/c1cnccc1-c1cnn(Cc2ccccc2)c1)Nc1ccc(CN2CCOCC2)cc1. The third-order valence-electron chi connectivity index (χ3n) is 6.13. The summed E-state index contributed by atoms with van der Waals surface area (Å²) >= 11 is 0. The zero-order chi connectivity index (χ0) is 24.6. The molecule has 2 aromatic heterocycles. The zero-order valence-corrected chi connectivity index (χ0v) is 20.1. The summed E-state index contributed by atoms with van der Waals surface area (Å²) in [5.74, 6) is -0.189. The molecule has 0 unspecified atom stereocenters. The van der Waals surface area contributed by atoms with Gasteiger partial charge in [0.05, 0.1) is 26.0 Å². The van der Waals surface area contributed by atoms with Gasteiger partial charge in [-0.25, -0.2) is 0 Å². The van der Waals surface area contributed by atoms with E-state index in [-0.39, 0.29) is 5.91 Å². The Hall–Kier alpha value is -4.07. The van der Waals surface area contributed by atoms with Crippen molar-refractivity contribution in [1.82, 2.24) is 19.7 Å². The molecule has 2 aromatic carbocycles. The van der Waals surface area contributed by atoms with E-state index in [2.05, 4.69) is 44.6 Å². The molecule has 1 aliphatic heterocycles. The summed E-state index contributed by atoms with van der Waals surface area (Å²) in [7, 11) is 0. The molecular formula is C29H29N5O2. The van der Waals surface area contributed by atoms with E-state index >= 15 is 0 Å². The Morgan fingerprint density at radius 1 is 0.944 bits per heavy atom. The zero-order valence-electron chi connectivity index (χ0n) is 20.1. The molecule has 1 amide bonds. The second-order valence-corrected chi connectivity index (χ2v) is 8.78. The first-order valence-electron chi connectivity index (χ1n) is 12.1. The fraction of sp³-hybridized carbons (Fsp3) is 0.207. The van der Waals surface area contributed by atoms with Crippen LogP contribution in [0.4, 0.5) is 5.69 Å². The number of anilines is 1. The van der Waals surface area contributed by atoms with Gasteiger partial charge in [-0.2, -0.15) is 5.10 Å². The van der Waals surface area contributed by atoms with Crippen molar-refractivity contribution in [3.63, 3.8) is 0 Å². The summed E-state index contributed by atoms with van der Waals surface area (Å²) < 4.78 is 7.32. The molecule has 0 atom stereocenters. The highest BCUT2D eigenvalue weighted by Gasteiger charge is 2.11. The number of amides is 1. The van der Waals surface area contributed by atoms with Crippen LogP contribution in [0.1, 0.15) is 16.7 Å². The molecule has 1 aliphatic rings. The van der Waals surface area contributed by atoms with Crippen molar-refractivity contribution >= 4 is 17.7 Å². The van der Waals surface area contributed by atoms with Crippen molar-refractivity contribution in [1.29, 1.82) is 0 Å². The Morgan fingerprint density at radius 3 is 2.53 bits per heavy atom. The monoisotopic (exact) mass is 479 g/mol. The maximum atomic E-state index is 12.6. The van der Waals surface area contributed by atoms with Gasteiger partial charge >= 0.3 is 0 Å². The van der Waals surface area contributed by atoms with Gasteiger partial charge < -0.3 is 10.1 Å². The largest absolute Gasteiger partial charge is 0.379 e. The Balaban J connectivity index is 1.21. The summed E-state index contributed by atoms with van der Waals surface area (Å²) in [5.41, 5.74) is 5.98. The first-order chi connectivity index (χ1) is 17.7. The van der Waals surface area contributed by atoms with Crippen molar-refractivity contribution in [2.24, 2.45) is 0 Å². The predicted molar refractivity (Wildman–Crippen MR) is 141 cm³/mol. The van der Waals surface area contributed by atoms with Crippen molar-refractivity contribution in [2.45, 2.75) is 13.1 Å². The molecule has 0 spiro atoms. The van der Waals surface area contributed by atoms with Crippen LogP contribution < -0.4 is 5.32 Å². The Morgan fingerprint density at radius 2 is 1.72 bits per heavy atom. The van der Waals surface area contributed by atoms with E-state index in [1.54, 1.807) is 18.5 Å². The van der Waals surface area contributed by atoms with Gasteiger partial charge in [-0.3, -0.25) is 19.4 Å². The van der Waals surface area contributed by atoms with Crippen LogP contribution in [0.25, 0.3) is 17.2 Å². The number of benzene rings is 2. The van der Waals surface area contributed by atoms with E-state index in [4.69, 9.17) is 4.74 Å². The summed E-state index contributed by atoms with van der Waals surface area (Å²) in [6, 6.07) is 20.2.